The molecule has 8 nitrogen and oxygen atoms in total. The minimum Gasteiger partial charge on any atom is -0.493 e. The van der Waals surface area contributed by atoms with Crippen LogP contribution in [0, 0.1) is 0 Å². The molecule has 0 saturated heterocycles. The topological polar surface area (TPSA) is 103 Å². The average Bonchev–Trinajstić information content (AvgIpc) is 2.72. The van der Waals surface area contributed by atoms with Crippen molar-refractivity contribution < 1.29 is 28.6 Å². The molecule has 0 aromatic heterocycles. The van der Waals surface area contributed by atoms with Crippen molar-refractivity contribution in [1.29, 1.82) is 0 Å². The number of hydrogen-bond acceptors (Lipinski definition) is 6. The van der Waals surface area contributed by atoms with Crippen molar-refractivity contribution in [2.24, 2.45) is 0 Å². The quantitative estimate of drug-likeness (QED) is 0.661. The molecule has 2 rings (SSSR count). The molecule has 0 aliphatic heterocycles. The van der Waals surface area contributed by atoms with Crippen LogP contribution in [0.25, 0.3) is 0 Å². The third kappa shape index (κ3) is 5.97. The van der Waals surface area contributed by atoms with Crippen molar-refractivity contribution in [2.45, 2.75) is 20.0 Å². The molecular weight excluding hydrogens is 376 g/mol. The fourth-order valence-corrected chi connectivity index (χ4v) is 2.53. The van der Waals surface area contributed by atoms with Gasteiger partial charge in [0.1, 0.15) is 0 Å². The van der Waals surface area contributed by atoms with Crippen LogP contribution in [-0.2, 0) is 9.53 Å². The molecule has 3 amide bonds. The van der Waals surface area contributed by atoms with E-state index in [1.807, 2.05) is 6.92 Å². The molecule has 0 unspecified atom stereocenters. The first-order valence-corrected chi connectivity index (χ1v) is 9.15. The van der Waals surface area contributed by atoms with Gasteiger partial charge in [0.2, 0.25) is 6.10 Å². The molecule has 0 aliphatic rings. The standard InChI is InChI=1S/C21H24N2O6/c1-4-22-21(26)23-19(24)18(14-9-7-6-8-10-14)29-20(25)15-11-12-16(27-3)17(13-15)28-5-2/h6-13,18H,4-5H2,1-3H3,(H2,22,23,24,26)/t18-/m0/s1. The lowest BCUT2D eigenvalue weighted by Gasteiger charge is -2.18. The smallest absolute Gasteiger partial charge is 0.339 e. The van der Waals surface area contributed by atoms with E-state index in [2.05, 4.69) is 10.6 Å². The summed E-state index contributed by atoms with van der Waals surface area (Å²) in [5.74, 6) is -0.646. The summed E-state index contributed by atoms with van der Waals surface area (Å²) in [4.78, 5) is 37.0. The Morgan fingerprint density at radius 2 is 1.72 bits per heavy atom. The number of rotatable bonds is 8. The molecule has 0 radical (unpaired) electrons. The van der Waals surface area contributed by atoms with Crippen LogP contribution in [0.15, 0.2) is 48.5 Å². The van der Waals surface area contributed by atoms with Crippen molar-refractivity contribution in [1.82, 2.24) is 10.6 Å². The van der Waals surface area contributed by atoms with E-state index in [1.54, 1.807) is 43.3 Å². The zero-order chi connectivity index (χ0) is 21.2. The third-order valence-electron chi connectivity index (χ3n) is 3.84. The summed E-state index contributed by atoms with van der Waals surface area (Å²) < 4.78 is 16.1. The normalized spacial score (nSPS) is 11.1. The monoisotopic (exact) mass is 400 g/mol. The maximum atomic E-state index is 12.7. The van der Waals surface area contributed by atoms with Gasteiger partial charge in [0, 0.05) is 12.1 Å². The number of amides is 3. The molecule has 2 aromatic carbocycles. The highest BCUT2D eigenvalue weighted by atomic mass is 16.5. The molecule has 29 heavy (non-hydrogen) atoms. The molecule has 2 N–H and O–H groups in total. The Morgan fingerprint density at radius 1 is 1.00 bits per heavy atom. The summed E-state index contributed by atoms with van der Waals surface area (Å²) in [7, 11) is 1.49. The molecule has 0 heterocycles. The van der Waals surface area contributed by atoms with Crippen LogP contribution in [0.3, 0.4) is 0 Å². The number of carbonyl (C=O) groups excluding carboxylic acids is 3. The van der Waals surface area contributed by atoms with Gasteiger partial charge in [-0.25, -0.2) is 9.59 Å². The Hall–Kier alpha value is -3.55. The number of carbonyl (C=O) groups is 3. The lowest BCUT2D eigenvalue weighted by atomic mass is 10.1. The number of hydrogen-bond donors (Lipinski definition) is 2. The zero-order valence-corrected chi connectivity index (χ0v) is 16.6. The first-order chi connectivity index (χ1) is 14.0. The summed E-state index contributed by atoms with van der Waals surface area (Å²) >= 11 is 0. The van der Waals surface area contributed by atoms with Crippen LogP contribution >= 0.6 is 0 Å². The van der Waals surface area contributed by atoms with E-state index < -0.39 is 24.0 Å². The van der Waals surface area contributed by atoms with Gasteiger partial charge in [-0.1, -0.05) is 30.3 Å². The Bertz CT molecular complexity index is 854. The van der Waals surface area contributed by atoms with Gasteiger partial charge < -0.3 is 19.5 Å². The van der Waals surface area contributed by atoms with E-state index in [0.717, 1.165) is 0 Å². The van der Waals surface area contributed by atoms with Gasteiger partial charge in [-0.2, -0.15) is 0 Å². The summed E-state index contributed by atoms with van der Waals surface area (Å²) in [6.07, 6.45) is -1.30. The lowest BCUT2D eigenvalue weighted by Crippen LogP contribution is -2.42. The number of ether oxygens (including phenoxy) is 3. The van der Waals surface area contributed by atoms with Crippen LogP contribution in [0.5, 0.6) is 11.5 Å². The van der Waals surface area contributed by atoms with Crippen molar-refractivity contribution in [3.8, 4) is 11.5 Å². The van der Waals surface area contributed by atoms with Gasteiger partial charge in [-0.05, 0) is 32.0 Å². The van der Waals surface area contributed by atoms with Crippen LogP contribution in [0.4, 0.5) is 4.79 Å². The highest BCUT2D eigenvalue weighted by Gasteiger charge is 2.27. The number of esters is 1. The second-order valence-electron chi connectivity index (χ2n) is 5.84. The molecule has 1 atom stereocenters. The second kappa shape index (κ2) is 10.7. The maximum Gasteiger partial charge on any atom is 0.339 e. The first kappa shape index (κ1) is 21.7. The van der Waals surface area contributed by atoms with Crippen molar-refractivity contribution in [3.63, 3.8) is 0 Å². The number of imide groups is 1. The molecule has 8 heteroatoms. The second-order valence-corrected chi connectivity index (χ2v) is 5.84. The van der Waals surface area contributed by atoms with E-state index in [-0.39, 0.29) is 5.56 Å². The van der Waals surface area contributed by atoms with Crippen molar-refractivity contribution in [2.75, 3.05) is 20.3 Å². The van der Waals surface area contributed by atoms with Crippen LogP contribution in [-0.4, -0.2) is 38.2 Å². The Balaban J connectivity index is 2.26. The average molecular weight is 400 g/mol. The molecular formula is C21H24N2O6. The predicted molar refractivity (Wildman–Crippen MR) is 106 cm³/mol. The zero-order valence-electron chi connectivity index (χ0n) is 16.6. The molecule has 0 aliphatic carbocycles. The number of urea groups is 1. The van der Waals surface area contributed by atoms with E-state index in [4.69, 9.17) is 14.2 Å². The fraction of sp³-hybridized carbons (Fsp3) is 0.286. The molecule has 0 spiro atoms. The molecule has 2 aromatic rings. The third-order valence-corrected chi connectivity index (χ3v) is 3.84. The Morgan fingerprint density at radius 3 is 2.34 bits per heavy atom. The summed E-state index contributed by atoms with van der Waals surface area (Å²) in [5.41, 5.74) is 0.613. The van der Waals surface area contributed by atoms with Gasteiger partial charge in [0.25, 0.3) is 5.91 Å². The Kier molecular flexibility index (Phi) is 8.02. The summed E-state index contributed by atoms with van der Waals surface area (Å²) in [6.45, 7) is 4.26. The van der Waals surface area contributed by atoms with Crippen molar-refractivity contribution in [3.05, 3.63) is 59.7 Å². The molecule has 154 valence electrons. The van der Waals surface area contributed by atoms with Gasteiger partial charge in [0.05, 0.1) is 19.3 Å². The van der Waals surface area contributed by atoms with Crippen LogP contribution in [0.1, 0.15) is 35.9 Å². The SMILES string of the molecule is CCNC(=O)NC(=O)[C@@H](OC(=O)c1ccc(OC)c(OCC)c1)c1ccccc1. The van der Waals surface area contributed by atoms with Gasteiger partial charge >= 0.3 is 12.0 Å². The highest BCUT2D eigenvalue weighted by Crippen LogP contribution is 2.29. The van der Waals surface area contributed by atoms with E-state index >= 15 is 0 Å². The number of methoxy groups -OCH3 is 1. The molecule has 0 saturated carbocycles. The minimum atomic E-state index is -1.30. The first-order valence-electron chi connectivity index (χ1n) is 9.15. The number of nitrogens with one attached hydrogen (secondary N) is 2. The fourth-order valence-electron chi connectivity index (χ4n) is 2.53. The van der Waals surface area contributed by atoms with Crippen molar-refractivity contribution >= 4 is 17.9 Å². The van der Waals surface area contributed by atoms with Gasteiger partial charge in [-0.15, -0.1) is 0 Å². The van der Waals surface area contributed by atoms with E-state index in [1.165, 1.54) is 19.2 Å². The highest BCUT2D eigenvalue weighted by molar-refractivity contribution is 5.99. The van der Waals surface area contributed by atoms with Crippen LogP contribution in [0.2, 0.25) is 0 Å². The number of benzene rings is 2. The van der Waals surface area contributed by atoms with Crippen LogP contribution < -0.4 is 20.1 Å². The molecule has 0 fully saturated rings. The summed E-state index contributed by atoms with van der Waals surface area (Å²) in [5, 5.41) is 4.64. The largest absolute Gasteiger partial charge is 0.493 e. The Labute approximate surface area is 169 Å². The van der Waals surface area contributed by atoms with E-state index in [0.29, 0.717) is 30.2 Å². The molecule has 0 bridgehead atoms. The van der Waals surface area contributed by atoms with Gasteiger partial charge in [-0.3, -0.25) is 10.1 Å². The van der Waals surface area contributed by atoms with E-state index in [9.17, 15) is 14.4 Å². The lowest BCUT2D eigenvalue weighted by molar-refractivity contribution is -0.129. The summed E-state index contributed by atoms with van der Waals surface area (Å²) in [6, 6.07) is 12.3. The minimum absolute atomic E-state index is 0.181. The van der Waals surface area contributed by atoms with Gasteiger partial charge in [0.15, 0.2) is 11.5 Å². The maximum absolute atomic E-state index is 12.7. The predicted octanol–water partition coefficient (Wildman–Crippen LogP) is 2.84.